The van der Waals surface area contributed by atoms with Crippen molar-refractivity contribution in [1.29, 1.82) is 0 Å². The monoisotopic (exact) mass is 275 g/mol. The van der Waals surface area contributed by atoms with Crippen molar-refractivity contribution in [1.82, 2.24) is 4.98 Å². The van der Waals surface area contributed by atoms with Crippen LogP contribution in [0.2, 0.25) is 0 Å². The third kappa shape index (κ3) is 2.76. The number of aliphatic carboxylic acids is 1. The van der Waals surface area contributed by atoms with Gasteiger partial charge in [0.2, 0.25) is 0 Å². The SMILES string of the molecule is CC1(C)OB(c2ccncc2C=CC(=O)O)OC1(C)C. The van der Waals surface area contributed by atoms with Crippen molar-refractivity contribution < 1.29 is 19.2 Å². The van der Waals surface area contributed by atoms with Gasteiger partial charge in [0.1, 0.15) is 0 Å². The molecule has 0 radical (unpaired) electrons. The van der Waals surface area contributed by atoms with Gasteiger partial charge in [-0.05, 0) is 50.9 Å². The van der Waals surface area contributed by atoms with E-state index in [9.17, 15) is 4.79 Å². The molecule has 1 aromatic heterocycles. The van der Waals surface area contributed by atoms with Crippen LogP contribution in [-0.2, 0) is 14.1 Å². The highest BCUT2D eigenvalue weighted by Crippen LogP contribution is 2.36. The van der Waals surface area contributed by atoms with Crippen molar-refractivity contribution in [2.45, 2.75) is 38.9 Å². The molecule has 5 nitrogen and oxygen atoms in total. The zero-order chi connectivity index (χ0) is 15.0. The van der Waals surface area contributed by atoms with E-state index in [4.69, 9.17) is 14.4 Å². The Bertz CT molecular complexity index is 538. The predicted molar refractivity (Wildman–Crippen MR) is 76.6 cm³/mol. The van der Waals surface area contributed by atoms with E-state index in [-0.39, 0.29) is 0 Å². The summed E-state index contributed by atoms with van der Waals surface area (Å²) in [5, 5.41) is 8.73. The lowest BCUT2D eigenvalue weighted by Crippen LogP contribution is -2.41. The van der Waals surface area contributed by atoms with E-state index in [0.717, 1.165) is 11.5 Å². The third-order valence-corrected chi connectivity index (χ3v) is 3.80. The van der Waals surface area contributed by atoms with E-state index in [1.807, 2.05) is 27.7 Å². The van der Waals surface area contributed by atoms with Crippen molar-refractivity contribution in [2.24, 2.45) is 0 Å². The van der Waals surface area contributed by atoms with Crippen LogP contribution < -0.4 is 5.46 Å². The highest BCUT2D eigenvalue weighted by molar-refractivity contribution is 6.63. The fourth-order valence-electron chi connectivity index (χ4n) is 1.90. The van der Waals surface area contributed by atoms with Crippen molar-refractivity contribution in [3.05, 3.63) is 30.1 Å². The Morgan fingerprint density at radius 3 is 2.45 bits per heavy atom. The van der Waals surface area contributed by atoms with E-state index in [2.05, 4.69) is 4.98 Å². The summed E-state index contributed by atoms with van der Waals surface area (Å²) in [6.07, 6.45) is 5.81. The van der Waals surface area contributed by atoms with Crippen LogP contribution in [0.3, 0.4) is 0 Å². The van der Waals surface area contributed by atoms with Gasteiger partial charge in [-0.2, -0.15) is 0 Å². The molecular formula is C14H18BNO4. The molecule has 0 spiro atoms. The number of hydrogen-bond donors (Lipinski definition) is 1. The van der Waals surface area contributed by atoms with E-state index >= 15 is 0 Å². The molecule has 1 aliphatic heterocycles. The first kappa shape index (κ1) is 14.7. The molecule has 106 valence electrons. The summed E-state index contributed by atoms with van der Waals surface area (Å²) in [6, 6.07) is 1.78. The molecule has 1 N–H and O–H groups in total. The Balaban J connectivity index is 2.33. The third-order valence-electron chi connectivity index (χ3n) is 3.80. The molecule has 0 unspecified atom stereocenters. The molecule has 20 heavy (non-hydrogen) atoms. The standard InChI is InChI=1S/C14H18BNO4/c1-13(2)14(3,4)20-15(19-13)11-7-8-16-9-10(11)5-6-12(17)18/h5-9H,1-4H3,(H,17,18). The van der Waals surface area contributed by atoms with Gasteiger partial charge in [0.25, 0.3) is 0 Å². The molecular weight excluding hydrogens is 257 g/mol. The molecule has 0 amide bonds. The van der Waals surface area contributed by atoms with E-state index < -0.39 is 24.3 Å². The molecule has 1 aromatic rings. The number of pyridine rings is 1. The molecule has 0 saturated carbocycles. The Labute approximate surface area is 118 Å². The zero-order valence-electron chi connectivity index (χ0n) is 12.1. The van der Waals surface area contributed by atoms with Crippen LogP contribution in [0, 0.1) is 0 Å². The van der Waals surface area contributed by atoms with Crippen LogP contribution in [0.5, 0.6) is 0 Å². The fourth-order valence-corrected chi connectivity index (χ4v) is 1.90. The second-order valence-electron chi connectivity index (χ2n) is 5.76. The zero-order valence-corrected chi connectivity index (χ0v) is 12.1. The number of carbonyl (C=O) groups is 1. The van der Waals surface area contributed by atoms with Crippen LogP contribution in [0.25, 0.3) is 6.08 Å². The Kier molecular flexibility index (Phi) is 3.71. The summed E-state index contributed by atoms with van der Waals surface area (Å²) in [7, 11) is -0.531. The molecule has 6 heteroatoms. The molecule has 0 atom stereocenters. The van der Waals surface area contributed by atoms with Crippen LogP contribution in [0.1, 0.15) is 33.3 Å². The molecule has 1 fully saturated rings. The number of carboxylic acid groups (broad SMARTS) is 1. The van der Waals surface area contributed by atoms with Gasteiger partial charge in [-0.3, -0.25) is 4.98 Å². The summed E-state index contributed by atoms with van der Waals surface area (Å²) >= 11 is 0. The van der Waals surface area contributed by atoms with Gasteiger partial charge in [-0.25, -0.2) is 4.79 Å². The number of aromatic nitrogens is 1. The summed E-state index contributed by atoms with van der Waals surface area (Å²) in [4.78, 5) is 14.7. The Hall–Kier alpha value is -1.66. The lowest BCUT2D eigenvalue weighted by molar-refractivity contribution is -0.131. The van der Waals surface area contributed by atoms with E-state index in [0.29, 0.717) is 5.56 Å². The maximum Gasteiger partial charge on any atom is 0.495 e. The maximum absolute atomic E-state index is 10.6. The number of carboxylic acids is 1. The average molecular weight is 275 g/mol. The topological polar surface area (TPSA) is 68.7 Å². The molecule has 2 heterocycles. The lowest BCUT2D eigenvalue weighted by Gasteiger charge is -2.32. The van der Waals surface area contributed by atoms with Crippen LogP contribution in [0.4, 0.5) is 0 Å². The molecule has 1 aliphatic rings. The van der Waals surface area contributed by atoms with Gasteiger partial charge >= 0.3 is 13.1 Å². The normalized spacial score (nSPS) is 20.5. The molecule has 0 aromatic carbocycles. The van der Waals surface area contributed by atoms with Gasteiger partial charge in [-0.15, -0.1) is 0 Å². The molecule has 1 saturated heterocycles. The first-order valence-corrected chi connectivity index (χ1v) is 6.43. The lowest BCUT2D eigenvalue weighted by atomic mass is 9.76. The number of rotatable bonds is 3. The van der Waals surface area contributed by atoms with Crippen molar-refractivity contribution in [2.75, 3.05) is 0 Å². The van der Waals surface area contributed by atoms with E-state index in [1.165, 1.54) is 6.08 Å². The van der Waals surface area contributed by atoms with Crippen molar-refractivity contribution in [3.8, 4) is 0 Å². The summed E-state index contributed by atoms with van der Waals surface area (Å²) < 4.78 is 11.9. The smallest absolute Gasteiger partial charge is 0.478 e. The van der Waals surface area contributed by atoms with Gasteiger partial charge < -0.3 is 14.4 Å². The first-order valence-electron chi connectivity index (χ1n) is 6.43. The van der Waals surface area contributed by atoms with Crippen molar-refractivity contribution in [3.63, 3.8) is 0 Å². The summed E-state index contributed by atoms with van der Waals surface area (Å²) in [5.41, 5.74) is 0.577. The largest absolute Gasteiger partial charge is 0.495 e. The van der Waals surface area contributed by atoms with Crippen molar-refractivity contribution >= 4 is 24.6 Å². The van der Waals surface area contributed by atoms with Crippen LogP contribution in [-0.4, -0.2) is 34.4 Å². The van der Waals surface area contributed by atoms with Crippen LogP contribution >= 0.6 is 0 Å². The second kappa shape index (κ2) is 5.03. The first-order chi connectivity index (χ1) is 9.23. The van der Waals surface area contributed by atoms with E-state index in [1.54, 1.807) is 18.5 Å². The minimum absolute atomic E-state index is 0.436. The second-order valence-corrected chi connectivity index (χ2v) is 5.76. The molecule has 2 rings (SSSR count). The fraction of sp³-hybridized carbons (Fsp3) is 0.429. The number of nitrogens with zero attached hydrogens (tertiary/aromatic N) is 1. The minimum Gasteiger partial charge on any atom is -0.478 e. The van der Waals surface area contributed by atoms with Gasteiger partial charge in [0.05, 0.1) is 11.2 Å². The molecule has 0 bridgehead atoms. The quantitative estimate of drug-likeness (QED) is 0.668. The Morgan fingerprint density at radius 2 is 1.90 bits per heavy atom. The van der Waals surface area contributed by atoms with Crippen LogP contribution in [0.15, 0.2) is 24.5 Å². The molecule has 0 aliphatic carbocycles. The number of hydrogen-bond acceptors (Lipinski definition) is 4. The Morgan fingerprint density at radius 1 is 1.30 bits per heavy atom. The summed E-state index contributed by atoms with van der Waals surface area (Å²) in [5.74, 6) is -1.01. The highest BCUT2D eigenvalue weighted by atomic mass is 16.7. The average Bonchev–Trinajstić information content (AvgIpc) is 2.56. The predicted octanol–water partition coefficient (Wildman–Crippen LogP) is 1.48. The summed E-state index contributed by atoms with van der Waals surface area (Å²) in [6.45, 7) is 7.89. The van der Waals surface area contributed by atoms with Gasteiger partial charge in [0.15, 0.2) is 0 Å². The highest BCUT2D eigenvalue weighted by Gasteiger charge is 2.52. The van der Waals surface area contributed by atoms with Gasteiger partial charge in [-0.1, -0.05) is 0 Å². The van der Waals surface area contributed by atoms with Gasteiger partial charge in [0, 0.05) is 18.5 Å². The minimum atomic E-state index is -1.01. The maximum atomic E-state index is 10.6.